The first-order chi connectivity index (χ1) is 6.59. The summed E-state index contributed by atoms with van der Waals surface area (Å²) in [6.07, 6.45) is 0. The van der Waals surface area contributed by atoms with Gasteiger partial charge >= 0.3 is 11.9 Å². The minimum atomic E-state index is -1.09. The number of thioether (sulfide) groups is 1. The van der Waals surface area contributed by atoms with Gasteiger partial charge in [-0.2, -0.15) is 0 Å². The average Bonchev–Trinajstić information content (AvgIpc) is 2.47. The van der Waals surface area contributed by atoms with Crippen molar-refractivity contribution in [2.45, 2.75) is 11.7 Å². The molecular weight excluding hydrogens is 212 g/mol. The van der Waals surface area contributed by atoms with Gasteiger partial charge in [-0.3, -0.25) is 9.59 Å². The van der Waals surface area contributed by atoms with Gasteiger partial charge in [-0.05, 0) is 10.4 Å². The van der Waals surface area contributed by atoms with E-state index in [1.165, 1.54) is 0 Å². The first kappa shape index (κ1) is 10.4. The zero-order valence-electron chi connectivity index (χ0n) is 6.82. The maximum absolute atomic E-state index is 10.3. The van der Waals surface area contributed by atoms with Crippen molar-refractivity contribution in [3.63, 3.8) is 0 Å². The van der Waals surface area contributed by atoms with Crippen molar-refractivity contribution < 1.29 is 19.8 Å². The Labute approximate surface area is 81.9 Å². The summed E-state index contributed by atoms with van der Waals surface area (Å²) < 4.78 is 1.02. The molecule has 0 unspecified atom stereocenters. The van der Waals surface area contributed by atoms with Gasteiger partial charge in [0.15, 0.2) is 0 Å². The van der Waals surface area contributed by atoms with Crippen LogP contribution in [0.4, 0.5) is 0 Å². The molecule has 0 aliphatic carbocycles. The van der Waals surface area contributed by atoms with Crippen molar-refractivity contribution in [1.29, 1.82) is 0 Å². The fraction of sp³-hybridized carbons (Fsp3) is 0.400. The Kier molecular flexibility index (Phi) is 3.40. The van der Waals surface area contributed by atoms with E-state index in [2.05, 4.69) is 15.5 Å². The monoisotopic (exact) mass is 218 g/mol. The first-order valence-electron chi connectivity index (χ1n) is 3.42. The Bertz CT molecular complexity index is 351. The standard InChI is InChI=1S/C5H6N4O4S/c10-3(11)1-9-5(6-7-8-9)14-2-4(12)13/h1-2H2,(H,10,11)(H,12,13). The van der Waals surface area contributed by atoms with Crippen LogP contribution in [-0.2, 0) is 16.1 Å². The molecule has 0 fully saturated rings. The highest BCUT2D eigenvalue weighted by atomic mass is 32.2. The maximum Gasteiger partial charge on any atom is 0.325 e. The lowest BCUT2D eigenvalue weighted by Crippen LogP contribution is -2.12. The summed E-state index contributed by atoms with van der Waals surface area (Å²) in [6, 6.07) is 0. The lowest BCUT2D eigenvalue weighted by molar-refractivity contribution is -0.138. The SMILES string of the molecule is O=C(O)CSc1nnnn1CC(=O)O. The van der Waals surface area contributed by atoms with Crippen LogP contribution in [0, 0.1) is 0 Å². The lowest BCUT2D eigenvalue weighted by atomic mass is 10.7. The number of nitrogens with zero attached hydrogens (tertiary/aromatic N) is 4. The lowest BCUT2D eigenvalue weighted by Gasteiger charge is -1.98. The average molecular weight is 218 g/mol. The van der Waals surface area contributed by atoms with Crippen molar-refractivity contribution in [3.05, 3.63) is 0 Å². The molecule has 0 atom stereocenters. The molecule has 0 aromatic carbocycles. The zero-order chi connectivity index (χ0) is 10.6. The van der Waals surface area contributed by atoms with Crippen LogP contribution in [0.15, 0.2) is 5.16 Å². The van der Waals surface area contributed by atoms with Crippen LogP contribution >= 0.6 is 11.8 Å². The molecule has 14 heavy (non-hydrogen) atoms. The summed E-state index contributed by atoms with van der Waals surface area (Å²) in [5, 5.41) is 27.1. The number of hydrogen-bond acceptors (Lipinski definition) is 6. The topological polar surface area (TPSA) is 118 Å². The van der Waals surface area contributed by atoms with E-state index < -0.39 is 11.9 Å². The number of aliphatic carboxylic acids is 2. The first-order valence-corrected chi connectivity index (χ1v) is 4.40. The normalized spacial score (nSPS) is 10.0. The number of hydrogen-bond donors (Lipinski definition) is 2. The predicted octanol–water partition coefficient (Wildman–Crippen LogP) is -1.07. The van der Waals surface area contributed by atoms with Crippen molar-refractivity contribution in [3.8, 4) is 0 Å². The van der Waals surface area contributed by atoms with E-state index in [4.69, 9.17) is 10.2 Å². The number of carboxylic acids is 2. The molecule has 0 aliphatic heterocycles. The smallest absolute Gasteiger partial charge is 0.325 e. The fourth-order valence-corrected chi connectivity index (χ4v) is 1.25. The molecule has 0 saturated heterocycles. The van der Waals surface area contributed by atoms with Crippen LogP contribution in [0.5, 0.6) is 0 Å². The van der Waals surface area contributed by atoms with Gasteiger partial charge in [-0.25, -0.2) is 4.68 Å². The summed E-state index contributed by atoms with van der Waals surface area (Å²) in [4.78, 5) is 20.5. The van der Waals surface area contributed by atoms with Crippen LogP contribution in [0.2, 0.25) is 0 Å². The Morgan fingerprint density at radius 3 is 2.64 bits per heavy atom. The minimum Gasteiger partial charge on any atom is -0.481 e. The van der Waals surface area contributed by atoms with Gasteiger partial charge in [0.1, 0.15) is 6.54 Å². The van der Waals surface area contributed by atoms with Gasteiger partial charge in [-0.1, -0.05) is 11.8 Å². The Balaban J connectivity index is 2.62. The molecule has 0 radical (unpaired) electrons. The third kappa shape index (κ3) is 3.01. The van der Waals surface area contributed by atoms with E-state index in [-0.39, 0.29) is 17.5 Å². The van der Waals surface area contributed by atoms with Crippen molar-refractivity contribution in [1.82, 2.24) is 20.2 Å². The van der Waals surface area contributed by atoms with Crippen LogP contribution in [0.25, 0.3) is 0 Å². The van der Waals surface area contributed by atoms with Gasteiger partial charge in [0.25, 0.3) is 0 Å². The van der Waals surface area contributed by atoms with E-state index in [1.54, 1.807) is 0 Å². The molecule has 1 aromatic heterocycles. The number of aromatic nitrogens is 4. The van der Waals surface area contributed by atoms with E-state index in [9.17, 15) is 9.59 Å². The molecule has 0 saturated carbocycles. The summed E-state index contributed by atoms with van der Waals surface area (Å²) in [7, 11) is 0. The summed E-state index contributed by atoms with van der Waals surface area (Å²) >= 11 is 0.868. The fourth-order valence-electron chi connectivity index (χ4n) is 0.653. The van der Waals surface area contributed by atoms with Crippen LogP contribution < -0.4 is 0 Å². The highest BCUT2D eigenvalue weighted by Crippen LogP contribution is 2.12. The third-order valence-corrected chi connectivity index (χ3v) is 2.05. The van der Waals surface area contributed by atoms with E-state index in [0.29, 0.717) is 0 Å². The minimum absolute atomic E-state index is 0.176. The molecule has 76 valence electrons. The van der Waals surface area contributed by atoms with Crippen LogP contribution in [0.3, 0.4) is 0 Å². The molecule has 1 rings (SSSR count). The number of carboxylic acid groups (broad SMARTS) is 2. The molecule has 1 aromatic rings. The quantitative estimate of drug-likeness (QED) is 0.600. The van der Waals surface area contributed by atoms with Gasteiger partial charge in [0.05, 0.1) is 5.75 Å². The molecule has 0 amide bonds. The summed E-state index contributed by atoms with van der Waals surface area (Å²) in [5.41, 5.74) is 0. The predicted molar refractivity (Wildman–Crippen MR) is 43.8 cm³/mol. The van der Waals surface area contributed by atoms with Crippen molar-refractivity contribution in [2.24, 2.45) is 0 Å². The maximum atomic E-state index is 10.3. The second-order valence-electron chi connectivity index (χ2n) is 2.20. The van der Waals surface area contributed by atoms with E-state index in [1.807, 2.05) is 0 Å². The molecule has 1 heterocycles. The molecule has 8 nitrogen and oxygen atoms in total. The highest BCUT2D eigenvalue weighted by molar-refractivity contribution is 7.99. The van der Waals surface area contributed by atoms with E-state index in [0.717, 1.165) is 16.4 Å². The second kappa shape index (κ2) is 4.56. The molecule has 0 bridgehead atoms. The van der Waals surface area contributed by atoms with Crippen molar-refractivity contribution in [2.75, 3.05) is 5.75 Å². The number of tetrazole rings is 1. The van der Waals surface area contributed by atoms with Crippen LogP contribution in [-0.4, -0.2) is 48.1 Å². The van der Waals surface area contributed by atoms with Crippen molar-refractivity contribution >= 4 is 23.7 Å². The molecule has 0 spiro atoms. The van der Waals surface area contributed by atoms with Gasteiger partial charge in [0, 0.05) is 0 Å². The Hall–Kier alpha value is -1.64. The second-order valence-corrected chi connectivity index (χ2v) is 3.14. The Morgan fingerprint density at radius 2 is 2.07 bits per heavy atom. The highest BCUT2D eigenvalue weighted by Gasteiger charge is 2.11. The van der Waals surface area contributed by atoms with Gasteiger partial charge in [0.2, 0.25) is 5.16 Å². The van der Waals surface area contributed by atoms with Gasteiger partial charge in [-0.15, -0.1) is 5.10 Å². The largest absolute Gasteiger partial charge is 0.481 e. The van der Waals surface area contributed by atoms with Gasteiger partial charge < -0.3 is 10.2 Å². The number of carbonyl (C=O) groups is 2. The Morgan fingerprint density at radius 1 is 1.36 bits per heavy atom. The number of rotatable bonds is 5. The summed E-state index contributed by atoms with van der Waals surface area (Å²) in [6.45, 7) is -0.380. The molecule has 0 aliphatic rings. The third-order valence-electron chi connectivity index (χ3n) is 1.11. The zero-order valence-corrected chi connectivity index (χ0v) is 7.64. The molecule has 2 N–H and O–H groups in total. The molecule has 9 heteroatoms. The van der Waals surface area contributed by atoms with E-state index >= 15 is 0 Å². The summed E-state index contributed by atoms with van der Waals surface area (Å²) in [5.74, 6) is -2.31. The van der Waals surface area contributed by atoms with Crippen LogP contribution in [0.1, 0.15) is 0 Å². The molecular formula is C5H6N4O4S.